The zero-order valence-electron chi connectivity index (χ0n) is 16.9. The van der Waals surface area contributed by atoms with Crippen molar-refractivity contribution in [2.45, 2.75) is 6.54 Å². The summed E-state index contributed by atoms with van der Waals surface area (Å²) in [6, 6.07) is 31.2. The minimum Gasteiger partial charge on any atom is -0.368 e. The zero-order chi connectivity index (χ0) is 20.3. The van der Waals surface area contributed by atoms with Gasteiger partial charge in [-0.2, -0.15) is 0 Å². The summed E-state index contributed by atoms with van der Waals surface area (Å²) in [5, 5.41) is 1.16. The number of piperazine rings is 1. The molecule has 0 unspecified atom stereocenters. The molecule has 1 aromatic heterocycles. The lowest BCUT2D eigenvalue weighted by Gasteiger charge is -2.36. The molecule has 1 amide bonds. The van der Waals surface area contributed by atoms with E-state index in [2.05, 4.69) is 64.1 Å². The highest BCUT2D eigenvalue weighted by Gasteiger charge is 2.23. The van der Waals surface area contributed by atoms with Gasteiger partial charge in [0, 0.05) is 48.5 Å². The molecule has 4 aromatic rings. The van der Waals surface area contributed by atoms with E-state index < -0.39 is 0 Å². The van der Waals surface area contributed by atoms with Crippen LogP contribution in [0.5, 0.6) is 0 Å². The third-order valence-corrected chi connectivity index (χ3v) is 5.93. The first-order chi connectivity index (χ1) is 14.8. The van der Waals surface area contributed by atoms with E-state index in [-0.39, 0.29) is 5.91 Å². The van der Waals surface area contributed by atoms with Gasteiger partial charge in [0.05, 0.1) is 0 Å². The van der Waals surface area contributed by atoms with Gasteiger partial charge in [0.2, 0.25) is 5.91 Å². The number of fused-ring (bicyclic) bond motifs is 1. The second-order valence-corrected chi connectivity index (χ2v) is 7.74. The molecule has 0 bridgehead atoms. The Morgan fingerprint density at radius 3 is 2.10 bits per heavy atom. The second-order valence-electron chi connectivity index (χ2n) is 7.74. The maximum Gasteiger partial charge on any atom is 0.242 e. The van der Waals surface area contributed by atoms with Gasteiger partial charge in [0.25, 0.3) is 0 Å². The number of hydrogen-bond acceptors (Lipinski definition) is 2. The number of carbonyl (C=O) groups is 1. The Labute approximate surface area is 177 Å². The topological polar surface area (TPSA) is 28.5 Å². The van der Waals surface area contributed by atoms with Gasteiger partial charge in [-0.1, -0.05) is 66.7 Å². The van der Waals surface area contributed by atoms with Gasteiger partial charge in [-0.3, -0.25) is 4.79 Å². The van der Waals surface area contributed by atoms with Crippen molar-refractivity contribution in [2.75, 3.05) is 31.1 Å². The molecule has 1 saturated heterocycles. The van der Waals surface area contributed by atoms with E-state index in [1.54, 1.807) is 0 Å². The fraction of sp³-hybridized carbons (Fsp3) is 0.192. The molecule has 30 heavy (non-hydrogen) atoms. The van der Waals surface area contributed by atoms with Crippen LogP contribution in [-0.4, -0.2) is 41.6 Å². The number of hydrogen-bond donors (Lipinski definition) is 0. The van der Waals surface area contributed by atoms with Crippen molar-refractivity contribution in [3.63, 3.8) is 0 Å². The van der Waals surface area contributed by atoms with E-state index in [1.807, 2.05) is 41.3 Å². The Morgan fingerprint density at radius 1 is 0.733 bits per heavy atom. The van der Waals surface area contributed by atoms with Crippen molar-refractivity contribution in [3.8, 4) is 11.3 Å². The summed E-state index contributed by atoms with van der Waals surface area (Å²) < 4.78 is 2.16. The van der Waals surface area contributed by atoms with Crippen molar-refractivity contribution in [2.24, 2.45) is 0 Å². The lowest BCUT2D eigenvalue weighted by Crippen LogP contribution is -2.49. The van der Waals surface area contributed by atoms with Gasteiger partial charge in [0.15, 0.2) is 0 Å². The summed E-state index contributed by atoms with van der Waals surface area (Å²) in [7, 11) is 0. The molecule has 0 spiro atoms. The first kappa shape index (κ1) is 18.5. The third kappa shape index (κ3) is 3.57. The van der Waals surface area contributed by atoms with Crippen LogP contribution in [0.1, 0.15) is 0 Å². The summed E-state index contributed by atoms with van der Waals surface area (Å²) in [6.07, 6.45) is 0. The first-order valence-corrected chi connectivity index (χ1v) is 10.5. The van der Waals surface area contributed by atoms with Crippen LogP contribution >= 0.6 is 0 Å². The van der Waals surface area contributed by atoms with Crippen LogP contribution in [0.4, 0.5) is 5.69 Å². The van der Waals surface area contributed by atoms with Crippen molar-refractivity contribution in [1.29, 1.82) is 0 Å². The van der Waals surface area contributed by atoms with Gasteiger partial charge < -0.3 is 14.4 Å². The molecule has 1 aliphatic rings. The predicted molar refractivity (Wildman–Crippen MR) is 123 cm³/mol. The lowest BCUT2D eigenvalue weighted by molar-refractivity contribution is -0.132. The second kappa shape index (κ2) is 8.07. The molecular weight excluding hydrogens is 370 g/mol. The standard InChI is InChI=1S/C26H25N3O/c30-26(28-17-15-27(16-18-28)23-12-5-2-6-13-23)20-29-24-14-8-7-11-22(24)19-25(29)21-9-3-1-4-10-21/h1-14,19H,15-18,20H2. The van der Waals surface area contributed by atoms with E-state index in [0.717, 1.165) is 48.3 Å². The summed E-state index contributed by atoms with van der Waals surface area (Å²) in [5.41, 5.74) is 4.56. The van der Waals surface area contributed by atoms with Crippen LogP contribution in [0, 0.1) is 0 Å². The number of rotatable bonds is 4. The average Bonchev–Trinajstić information content (AvgIpc) is 3.19. The summed E-state index contributed by atoms with van der Waals surface area (Å²) in [4.78, 5) is 17.6. The maximum atomic E-state index is 13.2. The Bertz CT molecular complexity index is 1140. The van der Waals surface area contributed by atoms with Gasteiger partial charge in [0.1, 0.15) is 6.54 Å². The van der Waals surface area contributed by atoms with E-state index in [0.29, 0.717) is 6.54 Å². The minimum absolute atomic E-state index is 0.182. The molecule has 150 valence electrons. The fourth-order valence-corrected chi connectivity index (χ4v) is 4.32. The Hall–Kier alpha value is -3.53. The average molecular weight is 396 g/mol. The SMILES string of the molecule is O=C(Cn1c(-c2ccccc2)cc2ccccc21)N1CCN(c2ccccc2)CC1. The van der Waals surface area contributed by atoms with Crippen LogP contribution in [0.3, 0.4) is 0 Å². The normalized spacial score (nSPS) is 14.3. The molecule has 5 rings (SSSR count). The van der Waals surface area contributed by atoms with Crippen molar-refractivity contribution < 1.29 is 4.79 Å². The van der Waals surface area contributed by atoms with Crippen LogP contribution in [0.15, 0.2) is 91.0 Å². The van der Waals surface area contributed by atoms with E-state index in [4.69, 9.17) is 0 Å². The molecule has 4 nitrogen and oxygen atoms in total. The predicted octanol–water partition coefficient (Wildman–Crippen LogP) is 4.66. The van der Waals surface area contributed by atoms with Crippen LogP contribution < -0.4 is 4.90 Å². The number of nitrogens with zero attached hydrogens (tertiary/aromatic N) is 3. The zero-order valence-corrected chi connectivity index (χ0v) is 16.9. The number of para-hydroxylation sites is 2. The first-order valence-electron chi connectivity index (χ1n) is 10.5. The number of carbonyl (C=O) groups excluding carboxylic acids is 1. The summed E-state index contributed by atoms with van der Waals surface area (Å²) >= 11 is 0. The lowest BCUT2D eigenvalue weighted by atomic mass is 10.1. The van der Waals surface area contributed by atoms with Crippen molar-refractivity contribution >= 4 is 22.5 Å². The molecular formula is C26H25N3O. The quantitative estimate of drug-likeness (QED) is 0.503. The van der Waals surface area contributed by atoms with Crippen LogP contribution in [0.2, 0.25) is 0 Å². The number of aromatic nitrogens is 1. The highest BCUT2D eigenvalue weighted by atomic mass is 16.2. The van der Waals surface area contributed by atoms with Crippen molar-refractivity contribution in [3.05, 3.63) is 91.0 Å². The van der Waals surface area contributed by atoms with E-state index in [9.17, 15) is 4.79 Å². The van der Waals surface area contributed by atoms with E-state index >= 15 is 0 Å². The van der Waals surface area contributed by atoms with Gasteiger partial charge in [-0.05, 0) is 29.8 Å². The largest absolute Gasteiger partial charge is 0.368 e. The Morgan fingerprint density at radius 2 is 1.37 bits per heavy atom. The molecule has 0 atom stereocenters. The highest BCUT2D eigenvalue weighted by Crippen LogP contribution is 2.28. The van der Waals surface area contributed by atoms with Crippen molar-refractivity contribution in [1.82, 2.24) is 9.47 Å². The smallest absolute Gasteiger partial charge is 0.242 e. The third-order valence-electron chi connectivity index (χ3n) is 5.93. The number of benzene rings is 3. The van der Waals surface area contributed by atoms with Gasteiger partial charge >= 0.3 is 0 Å². The van der Waals surface area contributed by atoms with Crippen LogP contribution in [0.25, 0.3) is 22.2 Å². The molecule has 0 N–H and O–H groups in total. The summed E-state index contributed by atoms with van der Waals surface area (Å²) in [5.74, 6) is 0.182. The molecule has 0 aliphatic carbocycles. The molecule has 4 heteroatoms. The molecule has 3 aromatic carbocycles. The Kier molecular flexibility index (Phi) is 4.98. The number of amides is 1. The van der Waals surface area contributed by atoms with Gasteiger partial charge in [-0.25, -0.2) is 0 Å². The fourth-order valence-electron chi connectivity index (χ4n) is 4.32. The Balaban J connectivity index is 1.36. The molecule has 1 fully saturated rings. The van der Waals surface area contributed by atoms with Crippen LogP contribution in [-0.2, 0) is 11.3 Å². The molecule has 0 radical (unpaired) electrons. The van der Waals surface area contributed by atoms with E-state index in [1.165, 1.54) is 5.69 Å². The highest BCUT2D eigenvalue weighted by molar-refractivity contribution is 5.89. The molecule has 1 aliphatic heterocycles. The molecule has 2 heterocycles. The monoisotopic (exact) mass is 395 g/mol. The summed E-state index contributed by atoms with van der Waals surface area (Å²) in [6.45, 7) is 3.62. The minimum atomic E-state index is 0.182. The number of anilines is 1. The van der Waals surface area contributed by atoms with Gasteiger partial charge in [-0.15, -0.1) is 0 Å². The molecule has 0 saturated carbocycles. The maximum absolute atomic E-state index is 13.2.